The van der Waals surface area contributed by atoms with Crippen molar-refractivity contribution in [1.82, 2.24) is 4.98 Å². The molecule has 1 N–H and O–H groups in total. The van der Waals surface area contributed by atoms with E-state index in [9.17, 15) is 9.90 Å². The van der Waals surface area contributed by atoms with Gasteiger partial charge in [-0.15, -0.1) is 0 Å². The van der Waals surface area contributed by atoms with E-state index in [4.69, 9.17) is 0 Å². The fourth-order valence-corrected chi connectivity index (χ4v) is 3.45. The van der Waals surface area contributed by atoms with Crippen LogP contribution in [-0.4, -0.2) is 15.9 Å². The van der Waals surface area contributed by atoms with Gasteiger partial charge in [0.2, 0.25) is 0 Å². The third kappa shape index (κ3) is 2.20. The molecule has 0 aliphatic heterocycles. The van der Waals surface area contributed by atoms with Crippen LogP contribution in [0.15, 0.2) is 43.0 Å². The number of carbonyl (C=O) groups is 1. The van der Waals surface area contributed by atoms with Crippen LogP contribution in [0.3, 0.4) is 0 Å². The number of ketones is 1. The predicted molar refractivity (Wildman–Crippen MR) is 90.3 cm³/mol. The molecular formula is C20H17NO2. The van der Waals surface area contributed by atoms with E-state index in [1.54, 1.807) is 6.07 Å². The Morgan fingerprint density at radius 1 is 1.26 bits per heavy atom. The summed E-state index contributed by atoms with van der Waals surface area (Å²) in [5, 5.41) is 10.3. The SMILES string of the molecule is C=C1c2ccccc2C(=O)C1Cc1nc2c(cc1O)CCC=C2. The van der Waals surface area contributed by atoms with E-state index in [1.807, 2.05) is 30.3 Å². The molecule has 4 rings (SSSR count). The van der Waals surface area contributed by atoms with Crippen molar-refractivity contribution in [3.63, 3.8) is 0 Å². The zero-order valence-corrected chi connectivity index (χ0v) is 12.7. The maximum absolute atomic E-state index is 12.6. The lowest BCUT2D eigenvalue weighted by Crippen LogP contribution is -2.13. The molecule has 0 saturated heterocycles. The van der Waals surface area contributed by atoms with E-state index < -0.39 is 0 Å². The van der Waals surface area contributed by atoms with Crippen molar-refractivity contribution >= 4 is 17.4 Å². The number of aromatic hydroxyl groups is 1. The van der Waals surface area contributed by atoms with Crippen molar-refractivity contribution in [3.05, 3.63) is 71.1 Å². The predicted octanol–water partition coefficient (Wildman–Crippen LogP) is 3.82. The first kappa shape index (κ1) is 13.9. The second-order valence-corrected chi connectivity index (χ2v) is 6.13. The fourth-order valence-electron chi connectivity index (χ4n) is 3.45. The van der Waals surface area contributed by atoms with Crippen LogP contribution >= 0.6 is 0 Å². The van der Waals surface area contributed by atoms with Crippen molar-refractivity contribution in [1.29, 1.82) is 0 Å². The van der Waals surface area contributed by atoms with Crippen molar-refractivity contribution in [2.45, 2.75) is 19.3 Å². The van der Waals surface area contributed by atoms with Crippen LogP contribution in [0.5, 0.6) is 5.75 Å². The minimum atomic E-state index is -0.337. The zero-order valence-electron chi connectivity index (χ0n) is 12.7. The Labute approximate surface area is 135 Å². The maximum Gasteiger partial charge on any atom is 0.171 e. The van der Waals surface area contributed by atoms with Gasteiger partial charge in [0, 0.05) is 12.0 Å². The van der Waals surface area contributed by atoms with Gasteiger partial charge in [0.1, 0.15) is 5.75 Å². The summed E-state index contributed by atoms with van der Waals surface area (Å²) < 4.78 is 0. The second kappa shape index (κ2) is 5.20. The van der Waals surface area contributed by atoms with Crippen molar-refractivity contribution < 1.29 is 9.90 Å². The van der Waals surface area contributed by atoms with E-state index >= 15 is 0 Å². The number of pyridine rings is 1. The van der Waals surface area contributed by atoms with Crippen LogP contribution < -0.4 is 0 Å². The van der Waals surface area contributed by atoms with Gasteiger partial charge in [-0.3, -0.25) is 4.79 Å². The summed E-state index contributed by atoms with van der Waals surface area (Å²) in [4.78, 5) is 17.2. The number of hydrogen-bond acceptors (Lipinski definition) is 3. The second-order valence-electron chi connectivity index (χ2n) is 6.13. The number of nitrogens with zero attached hydrogens (tertiary/aromatic N) is 1. The largest absolute Gasteiger partial charge is 0.506 e. The average molecular weight is 303 g/mol. The highest BCUT2D eigenvalue weighted by atomic mass is 16.3. The Bertz CT molecular complexity index is 829. The molecule has 3 nitrogen and oxygen atoms in total. The third-order valence-electron chi connectivity index (χ3n) is 4.72. The van der Waals surface area contributed by atoms with Crippen LogP contribution in [0, 0.1) is 5.92 Å². The number of Topliss-reactive ketones (excluding diaryl/α,β-unsaturated/α-hetero) is 1. The van der Waals surface area contributed by atoms with Gasteiger partial charge in [-0.25, -0.2) is 4.98 Å². The van der Waals surface area contributed by atoms with Gasteiger partial charge in [0.05, 0.1) is 17.3 Å². The first-order valence-corrected chi connectivity index (χ1v) is 7.86. The molecule has 0 fully saturated rings. The molecule has 0 spiro atoms. The molecule has 23 heavy (non-hydrogen) atoms. The molecule has 1 heterocycles. The first-order valence-electron chi connectivity index (χ1n) is 7.86. The molecule has 0 saturated carbocycles. The third-order valence-corrected chi connectivity index (χ3v) is 4.72. The number of benzene rings is 1. The van der Waals surface area contributed by atoms with Crippen LogP contribution in [0.1, 0.15) is 39.3 Å². The topological polar surface area (TPSA) is 50.2 Å². The van der Waals surface area contributed by atoms with Crippen molar-refractivity contribution in [3.8, 4) is 5.75 Å². The molecule has 1 unspecified atom stereocenters. The zero-order chi connectivity index (χ0) is 16.0. The van der Waals surface area contributed by atoms with E-state index in [-0.39, 0.29) is 17.5 Å². The van der Waals surface area contributed by atoms with Crippen LogP contribution in [0.4, 0.5) is 0 Å². The smallest absolute Gasteiger partial charge is 0.171 e. The molecule has 0 amide bonds. The van der Waals surface area contributed by atoms with Crippen LogP contribution in [0.2, 0.25) is 0 Å². The molecule has 1 aromatic heterocycles. The number of fused-ring (bicyclic) bond motifs is 2. The van der Waals surface area contributed by atoms with Gasteiger partial charge in [0.15, 0.2) is 5.78 Å². The lowest BCUT2D eigenvalue weighted by atomic mass is 9.93. The standard InChI is InChI=1S/C20H17NO2/c1-12-14-7-3-4-8-15(14)20(23)16(12)11-18-19(22)10-13-6-2-5-9-17(13)21-18/h3-5,7-10,16,22H,1-2,6,11H2. The van der Waals surface area contributed by atoms with Gasteiger partial charge in [0.25, 0.3) is 0 Å². The summed E-state index contributed by atoms with van der Waals surface area (Å²) in [5.41, 5.74) is 4.99. The fraction of sp³-hybridized carbons (Fsp3) is 0.200. The monoisotopic (exact) mass is 303 g/mol. The Hall–Kier alpha value is -2.68. The number of aromatic nitrogens is 1. The Kier molecular flexibility index (Phi) is 3.15. The molecule has 0 bridgehead atoms. The lowest BCUT2D eigenvalue weighted by molar-refractivity contribution is 0.0957. The summed E-state index contributed by atoms with van der Waals surface area (Å²) in [5.74, 6) is -0.0907. The lowest BCUT2D eigenvalue weighted by Gasteiger charge is -2.15. The highest BCUT2D eigenvalue weighted by Gasteiger charge is 2.34. The number of carbonyl (C=O) groups excluding carboxylic acids is 1. The number of aryl methyl sites for hydroxylation is 1. The van der Waals surface area contributed by atoms with Gasteiger partial charge in [-0.1, -0.05) is 36.9 Å². The van der Waals surface area contributed by atoms with E-state index in [1.165, 1.54) is 0 Å². The molecule has 2 aromatic rings. The quantitative estimate of drug-likeness (QED) is 0.917. The number of hydrogen-bond donors (Lipinski definition) is 1. The van der Waals surface area contributed by atoms with Crippen molar-refractivity contribution in [2.24, 2.45) is 5.92 Å². The van der Waals surface area contributed by atoms with Gasteiger partial charge >= 0.3 is 0 Å². The molecule has 1 atom stereocenters. The van der Waals surface area contributed by atoms with Crippen molar-refractivity contribution in [2.75, 3.05) is 0 Å². The van der Waals surface area contributed by atoms with E-state index in [0.717, 1.165) is 40.8 Å². The molecule has 0 radical (unpaired) electrons. The highest BCUT2D eigenvalue weighted by molar-refractivity contribution is 6.13. The average Bonchev–Trinajstić information content (AvgIpc) is 2.81. The molecule has 2 aliphatic carbocycles. The Morgan fingerprint density at radius 2 is 2.04 bits per heavy atom. The van der Waals surface area contributed by atoms with E-state index in [2.05, 4.69) is 17.6 Å². The number of rotatable bonds is 2. The maximum atomic E-state index is 12.6. The van der Waals surface area contributed by atoms with Gasteiger partial charge in [-0.05, 0) is 41.7 Å². The minimum absolute atomic E-state index is 0.0695. The summed E-state index contributed by atoms with van der Waals surface area (Å²) in [6.45, 7) is 4.10. The van der Waals surface area contributed by atoms with Crippen LogP contribution in [-0.2, 0) is 12.8 Å². The van der Waals surface area contributed by atoms with Crippen LogP contribution in [0.25, 0.3) is 11.6 Å². The minimum Gasteiger partial charge on any atom is -0.506 e. The normalized spacial score (nSPS) is 18.9. The highest BCUT2D eigenvalue weighted by Crippen LogP contribution is 2.38. The molecule has 2 aliphatic rings. The Balaban J connectivity index is 1.69. The summed E-state index contributed by atoms with van der Waals surface area (Å²) in [6, 6.07) is 9.34. The summed E-state index contributed by atoms with van der Waals surface area (Å²) in [7, 11) is 0. The molecule has 1 aromatic carbocycles. The summed E-state index contributed by atoms with van der Waals surface area (Å²) >= 11 is 0. The first-order chi connectivity index (χ1) is 11.1. The van der Waals surface area contributed by atoms with E-state index in [0.29, 0.717) is 12.1 Å². The van der Waals surface area contributed by atoms with Gasteiger partial charge in [-0.2, -0.15) is 0 Å². The molecule has 114 valence electrons. The summed E-state index contributed by atoms with van der Waals surface area (Å²) in [6.07, 6.45) is 6.33. The molecular weight excluding hydrogens is 286 g/mol. The van der Waals surface area contributed by atoms with Gasteiger partial charge < -0.3 is 5.11 Å². The molecule has 3 heteroatoms. The number of allylic oxidation sites excluding steroid dienone is 2. The Morgan fingerprint density at radius 3 is 2.83 bits per heavy atom.